The number of ketones is 1. The van der Waals surface area contributed by atoms with Crippen molar-refractivity contribution in [2.45, 2.75) is 129 Å². The molecule has 5 nitrogen and oxygen atoms in total. The van der Waals surface area contributed by atoms with Gasteiger partial charge in [-0.1, -0.05) is 165 Å². The molecule has 236 valence electrons. The van der Waals surface area contributed by atoms with Crippen LogP contribution in [0.5, 0.6) is 0 Å². The van der Waals surface area contributed by atoms with Crippen molar-refractivity contribution in [3.63, 3.8) is 0 Å². The van der Waals surface area contributed by atoms with Crippen LogP contribution in [0.3, 0.4) is 0 Å². The van der Waals surface area contributed by atoms with Gasteiger partial charge in [0, 0.05) is 6.42 Å². The molecule has 1 atom stereocenters. The van der Waals surface area contributed by atoms with Crippen molar-refractivity contribution in [2.24, 2.45) is 0 Å². The average molecular weight is 607 g/mol. The highest BCUT2D eigenvalue weighted by atomic mass is 28.4. The fourth-order valence-corrected chi connectivity index (χ4v) is 10.8. The van der Waals surface area contributed by atoms with Gasteiger partial charge in [-0.25, -0.2) is 4.79 Å². The first-order valence-electron chi connectivity index (χ1n) is 16.6. The van der Waals surface area contributed by atoms with Crippen LogP contribution in [-0.2, 0) is 18.8 Å². The lowest BCUT2D eigenvalue weighted by molar-refractivity contribution is -0.142. The molecule has 1 aliphatic heterocycles. The molecular formula is C37H54O5Si. The van der Waals surface area contributed by atoms with E-state index in [9.17, 15) is 14.7 Å². The molecule has 1 aliphatic rings. The van der Waals surface area contributed by atoms with Gasteiger partial charge >= 0.3 is 5.97 Å². The topological polar surface area (TPSA) is 72.8 Å². The molecule has 2 aromatic rings. The van der Waals surface area contributed by atoms with Gasteiger partial charge in [0.05, 0.1) is 6.61 Å². The second kappa shape index (κ2) is 17.6. The lowest BCUT2D eigenvalue weighted by Crippen LogP contribution is -2.67. The molecule has 6 heteroatoms. The third kappa shape index (κ3) is 9.64. The van der Waals surface area contributed by atoms with Gasteiger partial charge in [0.15, 0.2) is 17.6 Å². The van der Waals surface area contributed by atoms with Crippen molar-refractivity contribution in [2.75, 3.05) is 6.61 Å². The molecule has 0 saturated heterocycles. The minimum atomic E-state index is -2.88. The first kappa shape index (κ1) is 34.8. The molecular weight excluding hydrogens is 552 g/mol. The second-order valence-corrected chi connectivity index (χ2v) is 17.3. The number of rotatable bonds is 20. The third-order valence-corrected chi connectivity index (χ3v) is 13.7. The van der Waals surface area contributed by atoms with E-state index in [1.54, 1.807) is 0 Å². The Kier molecular flexibility index (Phi) is 14.2. The molecule has 1 unspecified atom stereocenters. The van der Waals surface area contributed by atoms with Crippen molar-refractivity contribution in [3.8, 4) is 0 Å². The number of unbranched alkanes of at least 4 members (excludes halogenated alkanes) is 12. The number of hydrogen-bond donors (Lipinski definition) is 1. The maximum absolute atomic E-state index is 13.0. The number of aliphatic hydroxyl groups is 1. The number of hydrogen-bond acceptors (Lipinski definition) is 5. The Morgan fingerprint density at radius 1 is 0.767 bits per heavy atom. The maximum Gasteiger partial charge on any atom is 0.346 e. The largest absolute Gasteiger partial charge is 0.507 e. The van der Waals surface area contributed by atoms with E-state index in [1.165, 1.54) is 64.2 Å². The SMILES string of the molecule is CCCCCCCCCCCCCCCC(=O)C1=C(O)C(CO[Si](c2ccccc2)(c2ccccc2)C(C)(C)C)OC1=O. The summed E-state index contributed by atoms with van der Waals surface area (Å²) in [6.07, 6.45) is 15.2. The predicted octanol–water partition coefficient (Wildman–Crippen LogP) is 8.35. The Labute approximate surface area is 261 Å². The predicted molar refractivity (Wildman–Crippen MR) is 178 cm³/mol. The van der Waals surface area contributed by atoms with E-state index < -0.39 is 20.4 Å². The zero-order valence-electron chi connectivity index (χ0n) is 27.0. The third-order valence-electron chi connectivity index (χ3n) is 8.67. The van der Waals surface area contributed by atoms with Gasteiger partial charge in [0.1, 0.15) is 5.57 Å². The van der Waals surface area contributed by atoms with Crippen molar-refractivity contribution in [3.05, 3.63) is 72.0 Å². The van der Waals surface area contributed by atoms with Crippen LogP contribution in [-0.4, -0.2) is 37.9 Å². The summed E-state index contributed by atoms with van der Waals surface area (Å²) < 4.78 is 12.4. The molecule has 43 heavy (non-hydrogen) atoms. The van der Waals surface area contributed by atoms with Crippen LogP contribution in [0.15, 0.2) is 72.0 Å². The molecule has 0 fully saturated rings. The van der Waals surface area contributed by atoms with E-state index >= 15 is 0 Å². The summed E-state index contributed by atoms with van der Waals surface area (Å²) in [5, 5.41) is 12.9. The molecule has 1 heterocycles. The Hall–Kier alpha value is -2.70. The number of esters is 1. The molecule has 0 aromatic heterocycles. The Balaban J connectivity index is 1.52. The summed E-state index contributed by atoms with van der Waals surface area (Å²) >= 11 is 0. The fraction of sp³-hybridized carbons (Fsp3) is 0.568. The number of Topliss-reactive ketones (excluding diaryl/α,β-unsaturated/α-hetero) is 1. The van der Waals surface area contributed by atoms with Crippen LogP contribution in [0.2, 0.25) is 5.04 Å². The molecule has 2 aromatic carbocycles. The minimum absolute atomic E-state index is 0.0135. The van der Waals surface area contributed by atoms with E-state index in [2.05, 4.69) is 52.0 Å². The second-order valence-electron chi connectivity index (χ2n) is 13.0. The van der Waals surface area contributed by atoms with Crippen molar-refractivity contribution < 1.29 is 23.9 Å². The smallest absolute Gasteiger partial charge is 0.346 e. The van der Waals surface area contributed by atoms with Crippen molar-refractivity contribution in [1.29, 1.82) is 0 Å². The van der Waals surface area contributed by atoms with Crippen LogP contribution < -0.4 is 10.4 Å². The van der Waals surface area contributed by atoms with Gasteiger partial charge in [0.25, 0.3) is 8.32 Å². The zero-order valence-corrected chi connectivity index (χ0v) is 28.0. The lowest BCUT2D eigenvalue weighted by Gasteiger charge is -2.43. The van der Waals surface area contributed by atoms with E-state index in [1.807, 2.05) is 36.4 Å². The zero-order chi connectivity index (χ0) is 31.1. The Morgan fingerprint density at radius 3 is 1.65 bits per heavy atom. The number of ether oxygens (including phenoxy) is 1. The van der Waals surface area contributed by atoms with Crippen LogP contribution >= 0.6 is 0 Å². The first-order valence-corrected chi connectivity index (χ1v) is 18.6. The summed E-state index contributed by atoms with van der Waals surface area (Å²) in [5.74, 6) is -1.37. The molecule has 1 N–H and O–H groups in total. The van der Waals surface area contributed by atoms with E-state index in [4.69, 9.17) is 9.16 Å². The Bertz CT molecular complexity index is 1110. The van der Waals surface area contributed by atoms with Gasteiger partial charge in [-0.2, -0.15) is 0 Å². The van der Waals surface area contributed by atoms with Gasteiger partial charge in [-0.05, 0) is 21.8 Å². The molecule has 3 rings (SSSR count). The quantitative estimate of drug-likeness (QED) is 0.0710. The number of benzene rings is 2. The highest BCUT2D eigenvalue weighted by Gasteiger charge is 2.51. The molecule has 0 saturated carbocycles. The number of carbonyl (C=O) groups is 2. The van der Waals surface area contributed by atoms with E-state index in [0.29, 0.717) is 6.42 Å². The number of aliphatic hydroxyl groups excluding tert-OH is 1. The molecule has 0 radical (unpaired) electrons. The first-order chi connectivity index (χ1) is 20.7. The van der Waals surface area contributed by atoms with Gasteiger partial charge in [0.2, 0.25) is 0 Å². The maximum atomic E-state index is 13.0. The molecule has 0 aliphatic carbocycles. The van der Waals surface area contributed by atoms with Crippen LogP contribution in [0.4, 0.5) is 0 Å². The normalized spacial score (nSPS) is 15.6. The monoisotopic (exact) mass is 606 g/mol. The average Bonchev–Trinajstić information content (AvgIpc) is 3.28. The van der Waals surface area contributed by atoms with Gasteiger partial charge in [-0.15, -0.1) is 0 Å². The molecule has 0 amide bonds. The summed E-state index contributed by atoms with van der Waals surface area (Å²) in [6, 6.07) is 20.4. The summed E-state index contributed by atoms with van der Waals surface area (Å²) in [4.78, 5) is 25.7. The molecule has 0 bridgehead atoms. The number of cyclic esters (lactones) is 1. The fourth-order valence-electron chi connectivity index (χ4n) is 6.27. The number of carbonyl (C=O) groups excluding carboxylic acids is 2. The van der Waals surface area contributed by atoms with Gasteiger partial charge in [-0.3, -0.25) is 4.79 Å². The van der Waals surface area contributed by atoms with E-state index in [0.717, 1.165) is 23.2 Å². The summed E-state index contributed by atoms with van der Waals surface area (Å²) in [6.45, 7) is 8.74. The van der Waals surface area contributed by atoms with Crippen LogP contribution in [0.1, 0.15) is 118 Å². The Morgan fingerprint density at radius 2 is 1.21 bits per heavy atom. The highest BCUT2D eigenvalue weighted by Crippen LogP contribution is 2.37. The van der Waals surface area contributed by atoms with Crippen molar-refractivity contribution in [1.82, 2.24) is 0 Å². The summed E-state index contributed by atoms with van der Waals surface area (Å²) in [7, 11) is -2.88. The standard InChI is InChI=1S/C37H54O5Si/c1-5-6-7-8-9-10-11-12-13-14-15-16-23-28-32(38)34-35(39)33(42-36(34)40)29-41-43(37(2,3)4,30-24-19-17-20-25-30)31-26-21-18-22-27-31/h17-22,24-27,33,39H,5-16,23,28-29H2,1-4H3. The lowest BCUT2D eigenvalue weighted by atomic mass is 10.0. The van der Waals surface area contributed by atoms with E-state index in [-0.39, 0.29) is 35.2 Å². The van der Waals surface area contributed by atoms with Crippen LogP contribution in [0, 0.1) is 0 Å². The van der Waals surface area contributed by atoms with Crippen molar-refractivity contribution >= 4 is 30.4 Å². The summed E-state index contributed by atoms with van der Waals surface area (Å²) in [5.41, 5.74) is -0.199. The van der Waals surface area contributed by atoms with Gasteiger partial charge < -0.3 is 14.3 Å². The minimum Gasteiger partial charge on any atom is -0.507 e. The van der Waals surface area contributed by atoms with Crippen LogP contribution in [0.25, 0.3) is 0 Å². The highest BCUT2D eigenvalue weighted by molar-refractivity contribution is 6.99. The molecule has 0 spiro atoms.